The molecule has 0 spiro atoms. The molecule has 2 heterocycles. The first-order valence-electron chi connectivity index (χ1n) is 7.57. The van der Waals surface area contributed by atoms with Gasteiger partial charge in [-0.1, -0.05) is 19.8 Å². The summed E-state index contributed by atoms with van der Waals surface area (Å²) >= 11 is 0. The number of pyridine rings is 1. The zero-order valence-corrected chi connectivity index (χ0v) is 12.6. The van der Waals surface area contributed by atoms with Crippen molar-refractivity contribution in [2.24, 2.45) is 11.7 Å². The van der Waals surface area contributed by atoms with Gasteiger partial charge in [-0.05, 0) is 38.7 Å². The van der Waals surface area contributed by atoms with Gasteiger partial charge in [-0.15, -0.1) is 0 Å². The Bertz CT molecular complexity index is 420. The third kappa shape index (κ3) is 3.27. The highest BCUT2D eigenvalue weighted by Crippen LogP contribution is 2.29. The zero-order valence-electron chi connectivity index (χ0n) is 12.6. The minimum absolute atomic E-state index is 0.587. The van der Waals surface area contributed by atoms with Gasteiger partial charge in [-0.25, -0.2) is 0 Å². The van der Waals surface area contributed by atoms with Crippen molar-refractivity contribution in [3.05, 3.63) is 23.0 Å². The van der Waals surface area contributed by atoms with Gasteiger partial charge < -0.3 is 10.6 Å². The molecule has 0 bridgehead atoms. The number of hydrogen-bond acceptors (Lipinski definition) is 3. The Morgan fingerprint density at radius 3 is 2.58 bits per heavy atom. The quantitative estimate of drug-likeness (QED) is 0.905. The number of aryl methyl sites for hydroxylation is 2. The summed E-state index contributed by atoms with van der Waals surface area (Å²) in [4.78, 5) is 7.05. The third-order valence-corrected chi connectivity index (χ3v) is 4.29. The molecule has 1 aliphatic heterocycles. The average Bonchev–Trinajstić information content (AvgIpc) is 2.39. The predicted octanol–water partition coefficient (Wildman–Crippen LogP) is 3.17. The van der Waals surface area contributed by atoms with E-state index in [9.17, 15) is 0 Å². The van der Waals surface area contributed by atoms with Crippen molar-refractivity contribution in [3.63, 3.8) is 0 Å². The van der Waals surface area contributed by atoms with Crippen LogP contribution in [0.25, 0.3) is 0 Å². The van der Waals surface area contributed by atoms with E-state index in [0.717, 1.165) is 17.3 Å². The Balaban J connectivity index is 2.15. The van der Waals surface area contributed by atoms with Crippen LogP contribution in [0, 0.1) is 19.8 Å². The monoisotopic (exact) mass is 261 g/mol. The molecule has 0 atom stereocenters. The van der Waals surface area contributed by atoms with Gasteiger partial charge in [0.2, 0.25) is 0 Å². The normalized spacial score (nSPS) is 16.9. The molecule has 2 N–H and O–H groups in total. The van der Waals surface area contributed by atoms with Crippen molar-refractivity contribution in [1.29, 1.82) is 0 Å². The smallest absolute Gasteiger partial charge is 0.0448 e. The van der Waals surface area contributed by atoms with Crippen LogP contribution >= 0.6 is 0 Å². The van der Waals surface area contributed by atoms with Crippen molar-refractivity contribution in [1.82, 2.24) is 4.98 Å². The molecule has 0 aromatic carbocycles. The molecule has 19 heavy (non-hydrogen) atoms. The predicted molar refractivity (Wildman–Crippen MR) is 81.4 cm³/mol. The maximum atomic E-state index is 5.92. The zero-order chi connectivity index (χ0) is 13.8. The van der Waals surface area contributed by atoms with Crippen LogP contribution in [0.1, 0.15) is 49.6 Å². The molecular formula is C16H27N3. The number of hydrogen-bond donors (Lipinski definition) is 1. The second-order valence-electron chi connectivity index (χ2n) is 5.77. The van der Waals surface area contributed by atoms with Crippen molar-refractivity contribution in [3.8, 4) is 0 Å². The molecule has 3 heteroatoms. The summed E-state index contributed by atoms with van der Waals surface area (Å²) in [6.07, 6.45) is 5.33. The Kier molecular flexibility index (Phi) is 4.81. The summed E-state index contributed by atoms with van der Waals surface area (Å²) in [7, 11) is 0. The van der Waals surface area contributed by atoms with Gasteiger partial charge in [0, 0.05) is 42.3 Å². The maximum absolute atomic E-state index is 5.92. The SMILES string of the molecule is CCCC1CCN(c2cc(C)nc(C)c2CN)CC1. The summed E-state index contributed by atoms with van der Waals surface area (Å²) in [6.45, 7) is 9.35. The van der Waals surface area contributed by atoms with Crippen LogP contribution < -0.4 is 10.6 Å². The lowest BCUT2D eigenvalue weighted by atomic mass is 9.92. The van der Waals surface area contributed by atoms with E-state index in [0.29, 0.717) is 6.54 Å². The third-order valence-electron chi connectivity index (χ3n) is 4.29. The number of aromatic nitrogens is 1. The van der Waals surface area contributed by atoms with Crippen LogP contribution in [0.5, 0.6) is 0 Å². The van der Waals surface area contributed by atoms with E-state index in [1.807, 2.05) is 0 Å². The molecule has 1 fully saturated rings. The molecule has 0 amide bonds. The number of nitrogens with zero attached hydrogens (tertiary/aromatic N) is 2. The van der Waals surface area contributed by atoms with E-state index in [4.69, 9.17) is 5.73 Å². The minimum atomic E-state index is 0.587. The molecule has 3 nitrogen and oxygen atoms in total. The Labute approximate surface area is 117 Å². The summed E-state index contributed by atoms with van der Waals surface area (Å²) in [6, 6.07) is 2.20. The summed E-state index contributed by atoms with van der Waals surface area (Å²) in [5, 5.41) is 0. The topological polar surface area (TPSA) is 42.2 Å². The fourth-order valence-corrected chi connectivity index (χ4v) is 3.24. The van der Waals surface area contributed by atoms with Gasteiger partial charge in [0.1, 0.15) is 0 Å². The Morgan fingerprint density at radius 2 is 2.00 bits per heavy atom. The number of anilines is 1. The van der Waals surface area contributed by atoms with Crippen molar-refractivity contribution in [2.45, 2.75) is 53.0 Å². The van der Waals surface area contributed by atoms with Crippen molar-refractivity contribution >= 4 is 5.69 Å². The molecule has 2 rings (SSSR count). The molecule has 0 radical (unpaired) electrons. The van der Waals surface area contributed by atoms with Gasteiger partial charge in [-0.2, -0.15) is 0 Å². The molecule has 0 unspecified atom stereocenters. The number of rotatable bonds is 4. The minimum Gasteiger partial charge on any atom is -0.371 e. The number of nitrogens with two attached hydrogens (primary N) is 1. The van der Waals surface area contributed by atoms with Crippen LogP contribution in [0.4, 0.5) is 5.69 Å². The molecule has 1 aromatic rings. The van der Waals surface area contributed by atoms with Crippen molar-refractivity contribution in [2.75, 3.05) is 18.0 Å². The van der Waals surface area contributed by atoms with E-state index < -0.39 is 0 Å². The summed E-state index contributed by atoms with van der Waals surface area (Å²) in [5.41, 5.74) is 10.6. The first-order valence-corrected chi connectivity index (χ1v) is 7.57. The molecule has 1 aromatic heterocycles. The van der Waals surface area contributed by atoms with Crippen LogP contribution in [0.3, 0.4) is 0 Å². The van der Waals surface area contributed by atoms with E-state index in [-0.39, 0.29) is 0 Å². The Hall–Kier alpha value is -1.09. The largest absolute Gasteiger partial charge is 0.371 e. The molecule has 0 saturated carbocycles. The first kappa shape index (κ1) is 14.3. The molecular weight excluding hydrogens is 234 g/mol. The highest BCUT2D eigenvalue weighted by atomic mass is 15.1. The van der Waals surface area contributed by atoms with E-state index in [2.05, 4.69) is 36.7 Å². The fourth-order valence-electron chi connectivity index (χ4n) is 3.24. The molecule has 1 saturated heterocycles. The van der Waals surface area contributed by atoms with Crippen LogP contribution in [-0.4, -0.2) is 18.1 Å². The highest BCUT2D eigenvalue weighted by Gasteiger charge is 2.21. The van der Waals surface area contributed by atoms with E-state index >= 15 is 0 Å². The van der Waals surface area contributed by atoms with Crippen LogP contribution in [-0.2, 0) is 6.54 Å². The molecule has 1 aliphatic rings. The second-order valence-corrected chi connectivity index (χ2v) is 5.77. The van der Waals surface area contributed by atoms with Gasteiger partial charge >= 0.3 is 0 Å². The first-order chi connectivity index (χ1) is 9.15. The lowest BCUT2D eigenvalue weighted by Gasteiger charge is -2.35. The van der Waals surface area contributed by atoms with Gasteiger partial charge in [0.25, 0.3) is 0 Å². The van der Waals surface area contributed by atoms with Crippen molar-refractivity contribution < 1.29 is 0 Å². The van der Waals surface area contributed by atoms with Gasteiger partial charge in [0.15, 0.2) is 0 Å². The molecule has 0 aliphatic carbocycles. The Morgan fingerprint density at radius 1 is 1.32 bits per heavy atom. The standard InChI is InChI=1S/C16H27N3/c1-4-5-14-6-8-19(9-7-14)16-10-12(2)18-13(3)15(16)11-17/h10,14H,4-9,11,17H2,1-3H3. The fraction of sp³-hybridized carbons (Fsp3) is 0.688. The van der Waals surface area contributed by atoms with Crippen LogP contribution in [0.2, 0.25) is 0 Å². The summed E-state index contributed by atoms with van der Waals surface area (Å²) < 4.78 is 0. The lowest BCUT2D eigenvalue weighted by Crippen LogP contribution is -2.34. The van der Waals surface area contributed by atoms with Crippen LogP contribution in [0.15, 0.2) is 6.07 Å². The van der Waals surface area contributed by atoms with Gasteiger partial charge in [0.05, 0.1) is 0 Å². The highest BCUT2D eigenvalue weighted by molar-refractivity contribution is 5.56. The van der Waals surface area contributed by atoms with E-state index in [1.165, 1.54) is 50.0 Å². The summed E-state index contributed by atoms with van der Waals surface area (Å²) in [5.74, 6) is 0.923. The molecule has 106 valence electrons. The average molecular weight is 261 g/mol. The maximum Gasteiger partial charge on any atom is 0.0448 e. The van der Waals surface area contributed by atoms with E-state index in [1.54, 1.807) is 0 Å². The second kappa shape index (κ2) is 6.38. The lowest BCUT2D eigenvalue weighted by molar-refractivity contribution is 0.378. The number of piperidine rings is 1. The van der Waals surface area contributed by atoms with Gasteiger partial charge in [-0.3, -0.25) is 4.98 Å².